The van der Waals surface area contributed by atoms with E-state index in [2.05, 4.69) is 36.5 Å². The third-order valence-electron chi connectivity index (χ3n) is 1.93. The molecule has 1 aromatic rings. The van der Waals surface area contributed by atoms with Crippen LogP contribution in [0.15, 0.2) is 24.3 Å². The third kappa shape index (κ3) is 3.47. The van der Waals surface area contributed by atoms with Crippen molar-refractivity contribution in [2.45, 2.75) is 19.8 Å². The number of benzene rings is 1. The molecule has 0 atom stereocenters. The summed E-state index contributed by atoms with van der Waals surface area (Å²) in [6.07, 6.45) is 2.32. The smallest absolute Gasteiger partial charge is 0.0604 e. The summed E-state index contributed by atoms with van der Waals surface area (Å²) in [6.45, 7) is 2.97. The normalized spacial score (nSPS) is 10.0. The van der Waals surface area contributed by atoms with Gasteiger partial charge in [-0.2, -0.15) is 0 Å². The summed E-state index contributed by atoms with van der Waals surface area (Å²) in [5.74, 6) is 0. The van der Waals surface area contributed by atoms with Gasteiger partial charge < -0.3 is 10.4 Å². The number of aryl methyl sites for hydroxylation is 1. The largest absolute Gasteiger partial charge is 0.395 e. The number of rotatable bonds is 5. The second-order valence-electron chi connectivity index (χ2n) is 3.10. The molecule has 1 rings (SSSR count). The van der Waals surface area contributed by atoms with Gasteiger partial charge >= 0.3 is 0 Å². The molecule has 13 heavy (non-hydrogen) atoms. The zero-order valence-corrected chi connectivity index (χ0v) is 8.09. The second kappa shape index (κ2) is 5.60. The van der Waals surface area contributed by atoms with Gasteiger partial charge in [0.25, 0.3) is 0 Å². The van der Waals surface area contributed by atoms with E-state index in [-0.39, 0.29) is 6.61 Å². The highest BCUT2D eigenvalue weighted by atomic mass is 16.3. The topological polar surface area (TPSA) is 32.3 Å². The van der Waals surface area contributed by atoms with Crippen molar-refractivity contribution in [2.24, 2.45) is 0 Å². The van der Waals surface area contributed by atoms with Crippen LogP contribution < -0.4 is 5.32 Å². The lowest BCUT2D eigenvalue weighted by molar-refractivity contribution is 0.311. The predicted molar refractivity (Wildman–Crippen MR) is 56.0 cm³/mol. The molecule has 0 bridgehead atoms. The van der Waals surface area contributed by atoms with Crippen molar-refractivity contribution in [3.05, 3.63) is 29.8 Å². The van der Waals surface area contributed by atoms with Crippen LogP contribution in [0.2, 0.25) is 0 Å². The molecule has 0 unspecified atom stereocenters. The van der Waals surface area contributed by atoms with Crippen molar-refractivity contribution in [2.75, 3.05) is 18.5 Å². The summed E-state index contributed by atoms with van der Waals surface area (Å²) < 4.78 is 0. The van der Waals surface area contributed by atoms with E-state index in [0.717, 1.165) is 12.1 Å². The maximum Gasteiger partial charge on any atom is 0.0604 e. The van der Waals surface area contributed by atoms with Gasteiger partial charge in [0, 0.05) is 12.2 Å². The van der Waals surface area contributed by atoms with Gasteiger partial charge in [0.1, 0.15) is 0 Å². The Morgan fingerprint density at radius 2 is 1.92 bits per heavy atom. The molecule has 72 valence electrons. The summed E-state index contributed by atoms with van der Waals surface area (Å²) in [7, 11) is 0. The Morgan fingerprint density at radius 1 is 1.23 bits per heavy atom. The number of aliphatic hydroxyl groups is 1. The third-order valence-corrected chi connectivity index (χ3v) is 1.93. The van der Waals surface area contributed by atoms with E-state index in [4.69, 9.17) is 5.11 Å². The van der Waals surface area contributed by atoms with Crippen LogP contribution in [0, 0.1) is 0 Å². The summed E-state index contributed by atoms with van der Waals surface area (Å²) in [5.41, 5.74) is 2.45. The number of anilines is 1. The molecule has 0 aliphatic carbocycles. The van der Waals surface area contributed by atoms with E-state index in [1.54, 1.807) is 0 Å². The quantitative estimate of drug-likeness (QED) is 0.725. The number of nitrogens with one attached hydrogen (secondary N) is 1. The molecule has 0 aromatic heterocycles. The van der Waals surface area contributed by atoms with E-state index in [9.17, 15) is 0 Å². The van der Waals surface area contributed by atoms with Crippen molar-refractivity contribution in [1.29, 1.82) is 0 Å². The molecule has 0 spiro atoms. The average molecular weight is 179 g/mol. The van der Waals surface area contributed by atoms with Crippen molar-refractivity contribution < 1.29 is 5.11 Å². The van der Waals surface area contributed by atoms with E-state index in [0.29, 0.717) is 6.54 Å². The monoisotopic (exact) mass is 179 g/mol. The van der Waals surface area contributed by atoms with Crippen LogP contribution in [0.25, 0.3) is 0 Å². The Balaban J connectivity index is 2.48. The fourth-order valence-electron chi connectivity index (χ4n) is 1.28. The zero-order valence-electron chi connectivity index (χ0n) is 8.09. The van der Waals surface area contributed by atoms with Gasteiger partial charge in [-0.1, -0.05) is 25.5 Å². The fourth-order valence-corrected chi connectivity index (χ4v) is 1.28. The van der Waals surface area contributed by atoms with E-state index >= 15 is 0 Å². The first kappa shape index (κ1) is 10.1. The lowest BCUT2D eigenvalue weighted by atomic mass is 10.1. The molecule has 0 heterocycles. The number of aliphatic hydroxyl groups excluding tert-OH is 1. The van der Waals surface area contributed by atoms with Gasteiger partial charge in [0.2, 0.25) is 0 Å². The minimum atomic E-state index is 0.177. The highest BCUT2D eigenvalue weighted by Gasteiger charge is 1.92. The van der Waals surface area contributed by atoms with Crippen LogP contribution in [0.3, 0.4) is 0 Å². The molecule has 1 aromatic carbocycles. The number of hydrogen-bond donors (Lipinski definition) is 2. The molecular formula is C11H17NO. The molecular weight excluding hydrogens is 162 g/mol. The second-order valence-corrected chi connectivity index (χ2v) is 3.10. The summed E-state index contributed by atoms with van der Waals surface area (Å²) in [6, 6.07) is 8.37. The fraction of sp³-hybridized carbons (Fsp3) is 0.455. The molecule has 0 aliphatic heterocycles. The first-order chi connectivity index (χ1) is 6.36. The Labute approximate surface area is 79.6 Å². The van der Waals surface area contributed by atoms with Gasteiger partial charge in [0.15, 0.2) is 0 Å². The molecule has 2 heteroatoms. The van der Waals surface area contributed by atoms with Crippen molar-refractivity contribution >= 4 is 5.69 Å². The van der Waals surface area contributed by atoms with Crippen LogP contribution in [0.4, 0.5) is 5.69 Å². The maximum atomic E-state index is 8.60. The molecule has 2 nitrogen and oxygen atoms in total. The first-order valence-corrected chi connectivity index (χ1v) is 4.80. The maximum absolute atomic E-state index is 8.60. The Hall–Kier alpha value is -1.02. The van der Waals surface area contributed by atoms with E-state index in [1.165, 1.54) is 12.0 Å². The Bertz CT molecular complexity index is 230. The number of hydrogen-bond acceptors (Lipinski definition) is 2. The predicted octanol–water partition coefficient (Wildman–Crippen LogP) is 2.04. The van der Waals surface area contributed by atoms with Gasteiger partial charge in [-0.05, 0) is 24.1 Å². The molecule has 0 radical (unpaired) electrons. The minimum absolute atomic E-state index is 0.177. The van der Waals surface area contributed by atoms with Crippen molar-refractivity contribution in [3.63, 3.8) is 0 Å². The van der Waals surface area contributed by atoms with Crippen molar-refractivity contribution in [1.82, 2.24) is 0 Å². The summed E-state index contributed by atoms with van der Waals surface area (Å²) >= 11 is 0. The molecule has 0 saturated heterocycles. The van der Waals surface area contributed by atoms with Crippen LogP contribution >= 0.6 is 0 Å². The molecule has 0 fully saturated rings. The first-order valence-electron chi connectivity index (χ1n) is 4.80. The SMILES string of the molecule is CCCc1ccc(NCCO)cc1. The standard InChI is InChI=1S/C11H17NO/c1-2-3-10-4-6-11(7-5-10)12-8-9-13/h4-7,12-13H,2-3,8-9H2,1H3. The Kier molecular flexibility index (Phi) is 4.33. The van der Waals surface area contributed by atoms with Gasteiger partial charge in [0.05, 0.1) is 6.61 Å². The van der Waals surface area contributed by atoms with Gasteiger partial charge in [-0.15, -0.1) is 0 Å². The lowest BCUT2D eigenvalue weighted by Crippen LogP contribution is -2.05. The summed E-state index contributed by atoms with van der Waals surface area (Å²) in [5, 5.41) is 11.7. The van der Waals surface area contributed by atoms with Gasteiger partial charge in [-0.25, -0.2) is 0 Å². The Morgan fingerprint density at radius 3 is 2.46 bits per heavy atom. The lowest BCUT2D eigenvalue weighted by Gasteiger charge is -2.04. The van der Waals surface area contributed by atoms with Crippen LogP contribution in [0.5, 0.6) is 0 Å². The average Bonchev–Trinajstić information content (AvgIpc) is 2.17. The van der Waals surface area contributed by atoms with Crippen LogP contribution in [0.1, 0.15) is 18.9 Å². The summed E-state index contributed by atoms with van der Waals surface area (Å²) in [4.78, 5) is 0. The van der Waals surface area contributed by atoms with Crippen molar-refractivity contribution in [3.8, 4) is 0 Å². The van der Waals surface area contributed by atoms with Gasteiger partial charge in [-0.3, -0.25) is 0 Å². The zero-order chi connectivity index (χ0) is 9.52. The van der Waals surface area contributed by atoms with Crippen LogP contribution in [-0.4, -0.2) is 18.3 Å². The molecule has 0 amide bonds. The molecule has 0 aliphatic rings. The minimum Gasteiger partial charge on any atom is -0.395 e. The van der Waals surface area contributed by atoms with Crippen LogP contribution in [-0.2, 0) is 6.42 Å². The molecule has 0 saturated carbocycles. The highest BCUT2D eigenvalue weighted by molar-refractivity contribution is 5.44. The van der Waals surface area contributed by atoms with E-state index < -0.39 is 0 Å². The van der Waals surface area contributed by atoms with E-state index in [1.807, 2.05) is 0 Å². The molecule has 2 N–H and O–H groups in total. The highest BCUT2D eigenvalue weighted by Crippen LogP contribution is 2.10.